The second kappa shape index (κ2) is 7.13. The molecule has 3 rings (SSSR count). The van der Waals surface area contributed by atoms with E-state index in [0.29, 0.717) is 19.0 Å². The smallest absolute Gasteiger partial charge is 0.258 e. The molecule has 1 fully saturated rings. The van der Waals surface area contributed by atoms with Crippen LogP contribution in [-0.4, -0.2) is 40.2 Å². The molecule has 24 heavy (non-hydrogen) atoms. The molecule has 1 aromatic carbocycles. The first-order valence-electron chi connectivity index (χ1n) is 7.75. The van der Waals surface area contributed by atoms with Crippen LogP contribution < -0.4 is 4.74 Å². The molecule has 7 heteroatoms. The topological polar surface area (TPSA) is 55.3 Å². The van der Waals surface area contributed by atoms with Gasteiger partial charge in [0, 0.05) is 12.6 Å². The molecule has 0 bridgehead atoms. The number of carbonyl (C=O) groups is 1. The molecule has 126 valence electrons. The number of piperidine rings is 1. The molecule has 0 N–H and O–H groups in total. The summed E-state index contributed by atoms with van der Waals surface area (Å²) in [4.78, 5) is 14.2. The average molecular weight is 350 g/mol. The second-order valence-electron chi connectivity index (χ2n) is 5.74. The van der Waals surface area contributed by atoms with E-state index in [4.69, 9.17) is 16.3 Å². The van der Waals surface area contributed by atoms with Crippen molar-refractivity contribution in [2.45, 2.75) is 25.9 Å². The fourth-order valence-corrected chi connectivity index (χ4v) is 2.94. The summed E-state index contributed by atoms with van der Waals surface area (Å²) >= 11 is 5.99. The zero-order valence-corrected chi connectivity index (χ0v) is 14.0. The van der Waals surface area contributed by atoms with Crippen molar-refractivity contribution < 1.29 is 13.9 Å². The van der Waals surface area contributed by atoms with Crippen LogP contribution in [0.3, 0.4) is 0 Å². The number of aryl methyl sites for hydroxylation is 1. The Labute approximate surface area is 144 Å². The first-order chi connectivity index (χ1) is 11.5. The Balaban J connectivity index is 1.71. The van der Waals surface area contributed by atoms with Crippen molar-refractivity contribution in [2.24, 2.45) is 0 Å². The molecule has 1 unspecified atom stereocenters. The maximum Gasteiger partial charge on any atom is 0.258 e. The van der Waals surface area contributed by atoms with E-state index in [9.17, 15) is 9.18 Å². The van der Waals surface area contributed by atoms with E-state index in [1.165, 1.54) is 18.2 Å². The van der Waals surface area contributed by atoms with E-state index >= 15 is 0 Å². The molecule has 1 aliphatic heterocycles. The molecule has 0 saturated carbocycles. The molecule has 1 aliphatic rings. The first kappa shape index (κ1) is 16.6. The lowest BCUT2D eigenvalue weighted by molar-refractivity contribution is 0.0521. The van der Waals surface area contributed by atoms with Crippen LogP contribution in [0.25, 0.3) is 0 Å². The van der Waals surface area contributed by atoms with E-state index in [1.807, 2.05) is 13.0 Å². The highest BCUT2D eigenvalue weighted by Gasteiger charge is 2.28. The molecule has 0 aliphatic carbocycles. The summed E-state index contributed by atoms with van der Waals surface area (Å²) in [5.41, 5.74) is 0.715. The van der Waals surface area contributed by atoms with Crippen molar-refractivity contribution in [3.8, 4) is 5.88 Å². The van der Waals surface area contributed by atoms with Crippen LogP contribution >= 0.6 is 11.6 Å². The standard InChI is InChI=1S/C17H17ClFN3O2/c1-11-7-8-15(21-20-11)24-12-4-3-9-22(10-12)17(23)16-13(18)5-2-6-14(16)19/h2,5-8,12H,3-4,9-10H2,1H3. The van der Waals surface area contributed by atoms with Gasteiger partial charge in [-0.3, -0.25) is 4.79 Å². The highest BCUT2D eigenvalue weighted by atomic mass is 35.5. The number of halogens is 2. The zero-order chi connectivity index (χ0) is 17.1. The number of nitrogens with zero attached hydrogens (tertiary/aromatic N) is 3. The number of aromatic nitrogens is 2. The van der Waals surface area contributed by atoms with Gasteiger partial charge in [-0.2, -0.15) is 5.10 Å². The largest absolute Gasteiger partial charge is 0.471 e. The summed E-state index contributed by atoms with van der Waals surface area (Å²) in [5, 5.41) is 8.04. The van der Waals surface area contributed by atoms with Gasteiger partial charge in [0.25, 0.3) is 5.91 Å². The van der Waals surface area contributed by atoms with Crippen LogP contribution in [0.1, 0.15) is 28.9 Å². The first-order valence-corrected chi connectivity index (χ1v) is 8.12. The Morgan fingerprint density at radius 2 is 2.17 bits per heavy atom. The summed E-state index contributed by atoms with van der Waals surface area (Å²) in [6.07, 6.45) is 1.36. The maximum atomic E-state index is 14.0. The normalized spacial score (nSPS) is 17.6. The van der Waals surface area contributed by atoms with Crippen molar-refractivity contribution in [2.75, 3.05) is 13.1 Å². The summed E-state index contributed by atoms with van der Waals surface area (Å²) < 4.78 is 19.7. The predicted molar refractivity (Wildman–Crippen MR) is 87.7 cm³/mol. The fourth-order valence-electron chi connectivity index (χ4n) is 2.70. The molecule has 1 amide bonds. The lowest BCUT2D eigenvalue weighted by Gasteiger charge is -2.32. The zero-order valence-electron chi connectivity index (χ0n) is 13.2. The number of ether oxygens (including phenoxy) is 1. The number of benzene rings is 1. The third-order valence-electron chi connectivity index (χ3n) is 3.90. The van der Waals surface area contributed by atoms with Gasteiger partial charge in [0.05, 0.1) is 22.8 Å². The number of rotatable bonds is 3. The minimum absolute atomic E-state index is 0.0880. The van der Waals surface area contributed by atoms with Crippen LogP contribution in [0.15, 0.2) is 30.3 Å². The Morgan fingerprint density at radius 1 is 1.33 bits per heavy atom. The number of hydrogen-bond acceptors (Lipinski definition) is 4. The lowest BCUT2D eigenvalue weighted by Crippen LogP contribution is -2.44. The van der Waals surface area contributed by atoms with Gasteiger partial charge in [-0.1, -0.05) is 17.7 Å². The van der Waals surface area contributed by atoms with Crippen molar-refractivity contribution in [3.63, 3.8) is 0 Å². The number of carbonyl (C=O) groups excluding carboxylic acids is 1. The van der Waals surface area contributed by atoms with Crippen LogP contribution in [0.2, 0.25) is 5.02 Å². The van der Waals surface area contributed by atoms with Gasteiger partial charge in [-0.15, -0.1) is 5.10 Å². The monoisotopic (exact) mass is 349 g/mol. The Morgan fingerprint density at radius 3 is 2.88 bits per heavy atom. The van der Waals surface area contributed by atoms with Gasteiger partial charge < -0.3 is 9.64 Å². The maximum absolute atomic E-state index is 14.0. The van der Waals surface area contributed by atoms with Crippen LogP contribution in [-0.2, 0) is 0 Å². The molecule has 2 aromatic rings. The molecule has 0 spiro atoms. The van der Waals surface area contributed by atoms with Gasteiger partial charge in [0.2, 0.25) is 5.88 Å². The van der Waals surface area contributed by atoms with Gasteiger partial charge in [-0.05, 0) is 38.0 Å². The summed E-state index contributed by atoms with van der Waals surface area (Å²) in [7, 11) is 0. The average Bonchev–Trinajstić information content (AvgIpc) is 2.57. The third kappa shape index (κ3) is 3.64. The van der Waals surface area contributed by atoms with Crippen molar-refractivity contribution >= 4 is 17.5 Å². The number of amides is 1. The number of hydrogen-bond donors (Lipinski definition) is 0. The van der Waals surface area contributed by atoms with E-state index in [1.54, 1.807) is 11.0 Å². The molecule has 1 saturated heterocycles. The summed E-state index contributed by atoms with van der Waals surface area (Å²) in [6, 6.07) is 7.79. The third-order valence-corrected chi connectivity index (χ3v) is 4.22. The predicted octanol–water partition coefficient (Wildman–Crippen LogP) is 3.26. The Bertz CT molecular complexity index is 719. The summed E-state index contributed by atoms with van der Waals surface area (Å²) in [6.45, 7) is 2.75. The fraction of sp³-hybridized carbons (Fsp3) is 0.353. The molecule has 0 radical (unpaired) electrons. The molecule has 1 atom stereocenters. The van der Waals surface area contributed by atoms with Crippen molar-refractivity contribution in [1.29, 1.82) is 0 Å². The van der Waals surface area contributed by atoms with E-state index in [-0.39, 0.29) is 16.7 Å². The highest BCUT2D eigenvalue weighted by Crippen LogP contribution is 2.24. The van der Waals surface area contributed by atoms with E-state index in [0.717, 1.165) is 18.5 Å². The minimum atomic E-state index is -0.611. The second-order valence-corrected chi connectivity index (χ2v) is 6.15. The quantitative estimate of drug-likeness (QED) is 0.853. The van der Waals surface area contributed by atoms with E-state index in [2.05, 4.69) is 10.2 Å². The van der Waals surface area contributed by atoms with Gasteiger partial charge in [0.15, 0.2) is 0 Å². The minimum Gasteiger partial charge on any atom is -0.471 e. The van der Waals surface area contributed by atoms with Crippen LogP contribution in [0.5, 0.6) is 5.88 Å². The van der Waals surface area contributed by atoms with Gasteiger partial charge in [-0.25, -0.2) is 4.39 Å². The molecular weight excluding hydrogens is 333 g/mol. The highest BCUT2D eigenvalue weighted by molar-refractivity contribution is 6.33. The lowest BCUT2D eigenvalue weighted by atomic mass is 10.1. The van der Waals surface area contributed by atoms with Crippen LogP contribution in [0.4, 0.5) is 4.39 Å². The molecule has 1 aromatic heterocycles. The Kier molecular flexibility index (Phi) is 4.94. The van der Waals surface area contributed by atoms with E-state index < -0.39 is 11.7 Å². The SMILES string of the molecule is Cc1ccc(OC2CCCN(C(=O)c3c(F)cccc3Cl)C2)nn1. The molecule has 2 heterocycles. The van der Waals surface area contributed by atoms with Crippen molar-refractivity contribution in [1.82, 2.24) is 15.1 Å². The Hall–Kier alpha value is -2.21. The molecule has 5 nitrogen and oxygen atoms in total. The number of likely N-dealkylation sites (tertiary alicyclic amines) is 1. The molecular formula is C17H17ClFN3O2. The van der Waals surface area contributed by atoms with Crippen LogP contribution in [0, 0.1) is 12.7 Å². The van der Waals surface area contributed by atoms with Gasteiger partial charge in [0.1, 0.15) is 11.9 Å². The van der Waals surface area contributed by atoms with Gasteiger partial charge >= 0.3 is 0 Å². The van der Waals surface area contributed by atoms with Crippen molar-refractivity contribution in [3.05, 3.63) is 52.4 Å². The summed E-state index contributed by atoms with van der Waals surface area (Å²) in [5.74, 6) is -0.606.